The minimum Gasteiger partial charge on any atom is -0.399 e. The molecule has 1 aromatic carbocycles. The van der Waals surface area contributed by atoms with Crippen molar-refractivity contribution in [2.75, 3.05) is 36.9 Å². The number of hydrogen-bond donors (Lipinski definition) is 1. The Balaban J connectivity index is 2.05. The summed E-state index contributed by atoms with van der Waals surface area (Å²) in [6.45, 7) is 3.15. The van der Waals surface area contributed by atoms with Crippen LogP contribution in [0.5, 0.6) is 0 Å². The molecule has 0 atom stereocenters. The van der Waals surface area contributed by atoms with Gasteiger partial charge in [0.05, 0.1) is 18.6 Å². The first-order valence-electron chi connectivity index (χ1n) is 5.32. The van der Waals surface area contributed by atoms with Crippen molar-refractivity contribution in [1.29, 1.82) is 0 Å². The van der Waals surface area contributed by atoms with Crippen LogP contribution in [0.15, 0.2) is 22.7 Å². The third-order valence-electron chi connectivity index (χ3n) is 2.79. The molecule has 0 radical (unpaired) electrons. The van der Waals surface area contributed by atoms with Crippen LogP contribution in [0.25, 0.3) is 11.0 Å². The summed E-state index contributed by atoms with van der Waals surface area (Å²) in [4.78, 5) is 2.16. The number of hydrogen-bond acceptors (Lipinski definition) is 5. The highest BCUT2D eigenvalue weighted by atomic mass is 16.5. The van der Waals surface area contributed by atoms with Gasteiger partial charge >= 0.3 is 0 Å². The molecule has 84 valence electrons. The molecule has 3 rings (SSSR count). The lowest BCUT2D eigenvalue weighted by molar-refractivity contribution is 0.122. The molecule has 0 saturated carbocycles. The Labute approximate surface area is 92.7 Å². The highest BCUT2D eigenvalue weighted by Crippen LogP contribution is 2.28. The van der Waals surface area contributed by atoms with E-state index in [1.54, 1.807) is 0 Å². The molecule has 16 heavy (non-hydrogen) atoms. The first-order valence-corrected chi connectivity index (χ1v) is 5.32. The standard InChI is InChI=1S/C11H13N3O2/c12-8-1-2-10-9(7-8)11(13-16-10)14-3-5-15-6-4-14/h1-2,7H,3-6,12H2. The normalized spacial score (nSPS) is 16.9. The second-order valence-electron chi connectivity index (χ2n) is 3.86. The zero-order valence-corrected chi connectivity index (χ0v) is 8.85. The van der Waals surface area contributed by atoms with Gasteiger partial charge in [0.2, 0.25) is 0 Å². The van der Waals surface area contributed by atoms with E-state index in [-0.39, 0.29) is 0 Å². The second kappa shape index (κ2) is 3.68. The SMILES string of the molecule is Nc1ccc2onc(N3CCOCC3)c2c1. The number of anilines is 2. The van der Waals surface area contributed by atoms with Crippen molar-refractivity contribution >= 4 is 22.5 Å². The molecule has 1 saturated heterocycles. The number of nitrogens with two attached hydrogens (primary N) is 1. The molecule has 1 aromatic heterocycles. The molecule has 2 aromatic rings. The number of fused-ring (bicyclic) bond motifs is 1. The maximum absolute atomic E-state index is 5.77. The summed E-state index contributed by atoms with van der Waals surface area (Å²) in [7, 11) is 0. The fourth-order valence-corrected chi connectivity index (χ4v) is 1.95. The quantitative estimate of drug-likeness (QED) is 0.731. The largest absolute Gasteiger partial charge is 0.399 e. The number of rotatable bonds is 1. The van der Waals surface area contributed by atoms with E-state index < -0.39 is 0 Å². The van der Waals surface area contributed by atoms with Crippen LogP contribution in [-0.4, -0.2) is 31.5 Å². The van der Waals surface area contributed by atoms with Gasteiger partial charge in [-0.05, 0) is 18.2 Å². The van der Waals surface area contributed by atoms with E-state index in [9.17, 15) is 0 Å². The van der Waals surface area contributed by atoms with Crippen LogP contribution in [0, 0.1) is 0 Å². The lowest BCUT2D eigenvalue weighted by Gasteiger charge is -2.26. The molecular weight excluding hydrogens is 206 g/mol. The summed E-state index contributed by atoms with van der Waals surface area (Å²) in [6.07, 6.45) is 0. The Morgan fingerprint density at radius 1 is 1.25 bits per heavy atom. The Morgan fingerprint density at radius 2 is 2.06 bits per heavy atom. The highest BCUT2D eigenvalue weighted by molar-refractivity contribution is 5.90. The Bertz CT molecular complexity index is 503. The van der Waals surface area contributed by atoms with Gasteiger partial charge in [-0.2, -0.15) is 0 Å². The number of benzene rings is 1. The Kier molecular flexibility index (Phi) is 2.18. The molecule has 0 amide bonds. The Hall–Kier alpha value is -1.75. The van der Waals surface area contributed by atoms with Gasteiger partial charge < -0.3 is 19.9 Å². The number of morpholine rings is 1. The molecule has 1 aliphatic heterocycles. The molecular formula is C11H13N3O2. The third-order valence-corrected chi connectivity index (χ3v) is 2.79. The number of nitrogen functional groups attached to an aromatic ring is 1. The number of nitrogens with zero attached hydrogens (tertiary/aromatic N) is 2. The maximum Gasteiger partial charge on any atom is 0.180 e. The summed E-state index contributed by atoms with van der Waals surface area (Å²) in [5.41, 5.74) is 7.27. The van der Waals surface area contributed by atoms with E-state index in [0.29, 0.717) is 0 Å². The van der Waals surface area contributed by atoms with Gasteiger partial charge in [-0.1, -0.05) is 5.16 Å². The van der Waals surface area contributed by atoms with Crippen LogP contribution < -0.4 is 10.6 Å². The van der Waals surface area contributed by atoms with Crippen LogP contribution in [0.1, 0.15) is 0 Å². The minimum absolute atomic E-state index is 0.727. The van der Waals surface area contributed by atoms with Crippen LogP contribution in [0.2, 0.25) is 0 Å². The maximum atomic E-state index is 5.77. The van der Waals surface area contributed by atoms with E-state index in [4.69, 9.17) is 15.0 Å². The van der Waals surface area contributed by atoms with Crippen molar-refractivity contribution in [3.8, 4) is 0 Å². The first-order chi connectivity index (χ1) is 7.84. The highest BCUT2D eigenvalue weighted by Gasteiger charge is 2.18. The summed E-state index contributed by atoms with van der Waals surface area (Å²) in [6, 6.07) is 5.56. The van der Waals surface area contributed by atoms with Gasteiger partial charge in [0.1, 0.15) is 0 Å². The lowest BCUT2D eigenvalue weighted by atomic mass is 10.2. The second-order valence-corrected chi connectivity index (χ2v) is 3.86. The van der Waals surface area contributed by atoms with Crippen molar-refractivity contribution < 1.29 is 9.26 Å². The molecule has 2 N–H and O–H groups in total. The van der Waals surface area contributed by atoms with Crippen LogP contribution in [0.4, 0.5) is 11.5 Å². The van der Waals surface area contributed by atoms with Crippen LogP contribution in [-0.2, 0) is 4.74 Å². The van der Waals surface area contributed by atoms with Gasteiger partial charge in [0.15, 0.2) is 11.4 Å². The fourth-order valence-electron chi connectivity index (χ4n) is 1.95. The molecule has 5 nitrogen and oxygen atoms in total. The number of ether oxygens (including phenoxy) is 1. The Morgan fingerprint density at radius 3 is 2.88 bits per heavy atom. The summed E-state index contributed by atoms with van der Waals surface area (Å²) in [5.74, 6) is 0.866. The number of aromatic nitrogens is 1. The van der Waals surface area contributed by atoms with Gasteiger partial charge in [0.25, 0.3) is 0 Å². The van der Waals surface area contributed by atoms with Gasteiger partial charge in [-0.15, -0.1) is 0 Å². The average Bonchev–Trinajstić information content (AvgIpc) is 2.73. The zero-order chi connectivity index (χ0) is 11.0. The topological polar surface area (TPSA) is 64.5 Å². The van der Waals surface area contributed by atoms with Gasteiger partial charge in [-0.3, -0.25) is 0 Å². The fraction of sp³-hybridized carbons (Fsp3) is 0.364. The van der Waals surface area contributed by atoms with E-state index in [0.717, 1.165) is 48.8 Å². The van der Waals surface area contributed by atoms with E-state index in [1.165, 1.54) is 0 Å². The van der Waals surface area contributed by atoms with Crippen molar-refractivity contribution in [1.82, 2.24) is 5.16 Å². The molecule has 0 bridgehead atoms. The predicted octanol–water partition coefficient (Wildman–Crippen LogP) is 1.25. The van der Waals surface area contributed by atoms with Crippen molar-refractivity contribution in [3.05, 3.63) is 18.2 Å². The predicted molar refractivity (Wildman–Crippen MR) is 61.5 cm³/mol. The van der Waals surface area contributed by atoms with E-state index in [1.807, 2.05) is 18.2 Å². The van der Waals surface area contributed by atoms with Crippen LogP contribution in [0.3, 0.4) is 0 Å². The lowest BCUT2D eigenvalue weighted by Crippen LogP contribution is -2.36. The first kappa shape index (κ1) is 9.47. The molecule has 2 heterocycles. The molecule has 0 unspecified atom stereocenters. The summed E-state index contributed by atoms with van der Waals surface area (Å²) in [5, 5.41) is 5.07. The van der Waals surface area contributed by atoms with Crippen molar-refractivity contribution in [2.45, 2.75) is 0 Å². The average molecular weight is 219 g/mol. The summed E-state index contributed by atoms with van der Waals surface area (Å²) >= 11 is 0. The molecule has 1 fully saturated rings. The van der Waals surface area contributed by atoms with Crippen molar-refractivity contribution in [3.63, 3.8) is 0 Å². The van der Waals surface area contributed by atoms with Gasteiger partial charge in [0, 0.05) is 18.8 Å². The van der Waals surface area contributed by atoms with Crippen LogP contribution >= 0.6 is 0 Å². The smallest absolute Gasteiger partial charge is 0.180 e. The molecule has 1 aliphatic rings. The van der Waals surface area contributed by atoms with E-state index >= 15 is 0 Å². The molecule has 5 heteroatoms. The molecule has 0 spiro atoms. The molecule has 0 aliphatic carbocycles. The minimum atomic E-state index is 0.727. The zero-order valence-electron chi connectivity index (χ0n) is 8.85. The monoisotopic (exact) mass is 219 g/mol. The third kappa shape index (κ3) is 1.49. The van der Waals surface area contributed by atoms with E-state index in [2.05, 4.69) is 10.1 Å². The summed E-state index contributed by atoms with van der Waals surface area (Å²) < 4.78 is 10.6. The van der Waals surface area contributed by atoms with Gasteiger partial charge in [-0.25, -0.2) is 0 Å². The van der Waals surface area contributed by atoms with Crippen molar-refractivity contribution in [2.24, 2.45) is 0 Å².